The minimum atomic E-state index is -0.411. The largest absolute Gasteiger partial charge is 0.468 e. The first-order chi connectivity index (χ1) is 9.49. The highest BCUT2D eigenvalue weighted by Gasteiger charge is 2.23. The lowest BCUT2D eigenvalue weighted by Crippen LogP contribution is -2.39. The molecule has 0 heterocycles. The summed E-state index contributed by atoms with van der Waals surface area (Å²) < 4.78 is 4.63. The van der Waals surface area contributed by atoms with Crippen LogP contribution in [0, 0.1) is 0 Å². The van der Waals surface area contributed by atoms with Gasteiger partial charge in [-0.05, 0) is 31.0 Å². The van der Waals surface area contributed by atoms with Crippen molar-refractivity contribution in [1.29, 1.82) is 0 Å². The normalized spacial score (nSPS) is 11.8. The van der Waals surface area contributed by atoms with Crippen molar-refractivity contribution in [2.75, 3.05) is 25.9 Å². The molecule has 0 aliphatic rings. The van der Waals surface area contributed by atoms with Crippen molar-refractivity contribution in [3.8, 4) is 0 Å². The van der Waals surface area contributed by atoms with E-state index < -0.39 is 5.97 Å². The zero-order chi connectivity index (χ0) is 15.1. The van der Waals surface area contributed by atoms with E-state index in [2.05, 4.69) is 4.74 Å². The standard InChI is InChI=1S/C15H22N2O3/c1-4-8-17(10-14(18)20-3)15(19)11(2)12-6-5-7-13(16)9-12/h5-7,9,11H,4,8,10,16H2,1-3H3. The summed E-state index contributed by atoms with van der Waals surface area (Å²) in [6.07, 6.45) is 0.784. The van der Waals surface area contributed by atoms with Gasteiger partial charge >= 0.3 is 5.97 Å². The zero-order valence-electron chi connectivity index (χ0n) is 12.3. The van der Waals surface area contributed by atoms with Crippen molar-refractivity contribution < 1.29 is 14.3 Å². The highest BCUT2D eigenvalue weighted by molar-refractivity contribution is 5.87. The Kier molecular flexibility index (Phi) is 6.03. The van der Waals surface area contributed by atoms with Crippen LogP contribution in [0.15, 0.2) is 24.3 Å². The molecule has 2 N–H and O–H groups in total. The van der Waals surface area contributed by atoms with Gasteiger partial charge in [-0.3, -0.25) is 9.59 Å². The third kappa shape index (κ3) is 4.26. The number of hydrogen-bond acceptors (Lipinski definition) is 4. The van der Waals surface area contributed by atoms with Crippen molar-refractivity contribution in [2.24, 2.45) is 0 Å². The number of anilines is 1. The molecule has 1 atom stereocenters. The predicted molar refractivity (Wildman–Crippen MR) is 78.2 cm³/mol. The molecule has 0 aliphatic heterocycles. The molecule has 110 valence electrons. The molecule has 0 bridgehead atoms. The number of rotatable bonds is 6. The van der Waals surface area contributed by atoms with Gasteiger partial charge in [-0.1, -0.05) is 19.1 Å². The van der Waals surface area contributed by atoms with Crippen LogP contribution in [0.3, 0.4) is 0 Å². The number of methoxy groups -OCH3 is 1. The minimum Gasteiger partial charge on any atom is -0.468 e. The molecule has 0 aliphatic carbocycles. The molecule has 0 aromatic heterocycles. The van der Waals surface area contributed by atoms with Gasteiger partial charge in [-0.25, -0.2) is 0 Å². The van der Waals surface area contributed by atoms with E-state index in [0.717, 1.165) is 12.0 Å². The molecule has 1 aromatic rings. The van der Waals surface area contributed by atoms with Crippen LogP contribution in [0.2, 0.25) is 0 Å². The number of benzene rings is 1. The van der Waals surface area contributed by atoms with Crippen molar-refractivity contribution in [1.82, 2.24) is 4.90 Å². The Labute approximate surface area is 119 Å². The summed E-state index contributed by atoms with van der Waals surface area (Å²) in [7, 11) is 1.32. The maximum Gasteiger partial charge on any atom is 0.325 e. The molecule has 5 heteroatoms. The smallest absolute Gasteiger partial charge is 0.325 e. The van der Waals surface area contributed by atoms with E-state index in [0.29, 0.717) is 12.2 Å². The van der Waals surface area contributed by atoms with Gasteiger partial charge in [0.2, 0.25) is 5.91 Å². The van der Waals surface area contributed by atoms with E-state index in [1.807, 2.05) is 26.0 Å². The lowest BCUT2D eigenvalue weighted by molar-refractivity contribution is -0.147. The van der Waals surface area contributed by atoms with Crippen LogP contribution < -0.4 is 5.73 Å². The summed E-state index contributed by atoms with van der Waals surface area (Å²) in [5, 5.41) is 0. The summed E-state index contributed by atoms with van der Waals surface area (Å²) in [5.74, 6) is -0.843. The highest BCUT2D eigenvalue weighted by Crippen LogP contribution is 2.20. The van der Waals surface area contributed by atoms with Gasteiger partial charge in [-0.2, -0.15) is 0 Å². The summed E-state index contributed by atoms with van der Waals surface area (Å²) in [6.45, 7) is 4.29. The summed E-state index contributed by atoms with van der Waals surface area (Å²) >= 11 is 0. The fraction of sp³-hybridized carbons (Fsp3) is 0.467. The van der Waals surface area contributed by atoms with E-state index >= 15 is 0 Å². The first-order valence-electron chi connectivity index (χ1n) is 6.70. The van der Waals surface area contributed by atoms with Crippen LogP contribution in [0.1, 0.15) is 31.7 Å². The minimum absolute atomic E-state index is 0.0180. The maximum atomic E-state index is 12.5. The number of amides is 1. The number of ether oxygens (including phenoxy) is 1. The molecule has 20 heavy (non-hydrogen) atoms. The number of nitrogen functional groups attached to an aromatic ring is 1. The molecule has 0 saturated carbocycles. The lowest BCUT2D eigenvalue weighted by Gasteiger charge is -2.24. The average molecular weight is 278 g/mol. The van der Waals surface area contributed by atoms with Crippen LogP contribution in [0.25, 0.3) is 0 Å². The quantitative estimate of drug-likeness (QED) is 0.636. The molecule has 0 radical (unpaired) electrons. The number of carbonyl (C=O) groups is 2. The van der Waals surface area contributed by atoms with Gasteiger partial charge in [0.25, 0.3) is 0 Å². The topological polar surface area (TPSA) is 72.6 Å². The third-order valence-electron chi connectivity index (χ3n) is 3.13. The van der Waals surface area contributed by atoms with Crippen LogP contribution in [0.4, 0.5) is 5.69 Å². The molecule has 0 fully saturated rings. The average Bonchev–Trinajstić information content (AvgIpc) is 2.45. The van der Waals surface area contributed by atoms with Crippen LogP contribution >= 0.6 is 0 Å². The van der Waals surface area contributed by atoms with Gasteiger partial charge in [0.15, 0.2) is 0 Å². The Balaban J connectivity index is 2.85. The molecule has 1 unspecified atom stereocenters. The summed E-state index contributed by atoms with van der Waals surface area (Å²) in [5.41, 5.74) is 7.21. The summed E-state index contributed by atoms with van der Waals surface area (Å²) in [4.78, 5) is 25.4. The predicted octanol–water partition coefficient (Wildman–Crippen LogP) is 1.78. The molecule has 0 spiro atoms. The van der Waals surface area contributed by atoms with Crippen LogP contribution in [-0.4, -0.2) is 37.0 Å². The number of nitrogens with zero attached hydrogens (tertiary/aromatic N) is 1. The zero-order valence-corrected chi connectivity index (χ0v) is 12.3. The SMILES string of the molecule is CCCN(CC(=O)OC)C(=O)C(C)c1cccc(N)c1. The van der Waals surface area contributed by atoms with Gasteiger partial charge < -0.3 is 15.4 Å². The molecule has 1 aromatic carbocycles. The van der Waals surface area contributed by atoms with Gasteiger partial charge in [0, 0.05) is 12.2 Å². The van der Waals surface area contributed by atoms with Crippen molar-refractivity contribution in [3.05, 3.63) is 29.8 Å². The van der Waals surface area contributed by atoms with Crippen molar-refractivity contribution in [3.63, 3.8) is 0 Å². The highest BCUT2D eigenvalue weighted by atomic mass is 16.5. The molecular weight excluding hydrogens is 256 g/mol. The van der Waals surface area contributed by atoms with Crippen molar-refractivity contribution in [2.45, 2.75) is 26.2 Å². The van der Waals surface area contributed by atoms with Gasteiger partial charge in [0.05, 0.1) is 13.0 Å². The van der Waals surface area contributed by atoms with Crippen LogP contribution in [0.5, 0.6) is 0 Å². The molecule has 1 rings (SSSR count). The van der Waals surface area contributed by atoms with E-state index in [9.17, 15) is 9.59 Å². The van der Waals surface area contributed by atoms with E-state index in [-0.39, 0.29) is 18.4 Å². The second kappa shape index (κ2) is 7.53. The monoisotopic (exact) mass is 278 g/mol. The summed E-state index contributed by atoms with van der Waals surface area (Å²) in [6, 6.07) is 7.24. The van der Waals surface area contributed by atoms with E-state index in [4.69, 9.17) is 5.73 Å². The van der Waals surface area contributed by atoms with E-state index in [1.165, 1.54) is 12.0 Å². The Morgan fingerprint density at radius 1 is 1.40 bits per heavy atom. The lowest BCUT2D eigenvalue weighted by atomic mass is 9.99. The molecule has 1 amide bonds. The van der Waals surface area contributed by atoms with Gasteiger partial charge in [-0.15, -0.1) is 0 Å². The molecule has 0 saturated heterocycles. The first kappa shape index (κ1) is 16.0. The van der Waals surface area contributed by atoms with E-state index in [1.54, 1.807) is 12.1 Å². The number of esters is 1. The second-order valence-electron chi connectivity index (χ2n) is 4.73. The maximum absolute atomic E-state index is 12.5. The molecule has 5 nitrogen and oxygen atoms in total. The fourth-order valence-electron chi connectivity index (χ4n) is 2.00. The number of nitrogens with two attached hydrogens (primary N) is 1. The molecular formula is C15H22N2O3. The number of carbonyl (C=O) groups excluding carboxylic acids is 2. The van der Waals surface area contributed by atoms with Crippen LogP contribution in [-0.2, 0) is 14.3 Å². The second-order valence-corrected chi connectivity index (χ2v) is 4.73. The first-order valence-corrected chi connectivity index (χ1v) is 6.70. The Morgan fingerprint density at radius 3 is 2.65 bits per heavy atom. The number of hydrogen-bond donors (Lipinski definition) is 1. The van der Waals surface area contributed by atoms with Gasteiger partial charge in [0.1, 0.15) is 6.54 Å². The Morgan fingerprint density at radius 2 is 2.10 bits per heavy atom. The Hall–Kier alpha value is -2.04. The Bertz CT molecular complexity index is 474. The third-order valence-corrected chi connectivity index (χ3v) is 3.13. The fourth-order valence-corrected chi connectivity index (χ4v) is 2.00. The van der Waals surface area contributed by atoms with Crippen molar-refractivity contribution >= 4 is 17.6 Å².